The van der Waals surface area contributed by atoms with E-state index in [-0.39, 0.29) is 5.25 Å². The normalized spacial score (nSPS) is 12.0. The standard InChI is InChI=1S/C5H7NS2/c1-3-4(2)8-5(6)7/h1,4H,2H3,(H2,6,7). The van der Waals surface area contributed by atoms with Crippen LogP contribution in [0.15, 0.2) is 0 Å². The molecular weight excluding hydrogens is 138 g/mol. The van der Waals surface area contributed by atoms with Gasteiger partial charge in [-0.1, -0.05) is 29.9 Å². The van der Waals surface area contributed by atoms with E-state index in [1.54, 1.807) is 0 Å². The van der Waals surface area contributed by atoms with Crippen molar-refractivity contribution in [1.82, 2.24) is 0 Å². The van der Waals surface area contributed by atoms with Gasteiger partial charge in [-0.25, -0.2) is 0 Å². The summed E-state index contributed by atoms with van der Waals surface area (Å²) in [4.78, 5) is 0. The first-order chi connectivity index (χ1) is 3.66. The number of thiocarbonyl (C=S) groups is 1. The predicted octanol–water partition coefficient (Wildman–Crippen LogP) is 0.985. The first-order valence-electron chi connectivity index (χ1n) is 2.09. The summed E-state index contributed by atoms with van der Waals surface area (Å²) in [7, 11) is 0. The van der Waals surface area contributed by atoms with Crippen LogP contribution in [0.4, 0.5) is 0 Å². The van der Waals surface area contributed by atoms with Crippen LogP contribution < -0.4 is 5.73 Å². The molecule has 0 amide bonds. The Morgan fingerprint density at radius 3 is 2.62 bits per heavy atom. The zero-order valence-corrected chi connectivity index (χ0v) is 6.18. The topological polar surface area (TPSA) is 26.0 Å². The van der Waals surface area contributed by atoms with Crippen molar-refractivity contribution >= 4 is 28.3 Å². The van der Waals surface area contributed by atoms with Crippen molar-refractivity contribution in [3.63, 3.8) is 0 Å². The molecule has 1 unspecified atom stereocenters. The molecule has 0 saturated carbocycles. The van der Waals surface area contributed by atoms with Gasteiger partial charge in [0.1, 0.15) is 4.32 Å². The van der Waals surface area contributed by atoms with E-state index < -0.39 is 0 Å². The molecule has 0 aromatic rings. The summed E-state index contributed by atoms with van der Waals surface area (Å²) >= 11 is 5.91. The van der Waals surface area contributed by atoms with E-state index >= 15 is 0 Å². The number of nitrogens with two attached hydrogens (primary N) is 1. The van der Waals surface area contributed by atoms with Crippen molar-refractivity contribution in [2.45, 2.75) is 12.2 Å². The Balaban J connectivity index is 3.43. The van der Waals surface area contributed by atoms with Gasteiger partial charge >= 0.3 is 0 Å². The Hall–Kier alpha value is -0.200. The molecule has 2 N–H and O–H groups in total. The lowest BCUT2D eigenvalue weighted by Crippen LogP contribution is -2.06. The molecule has 0 aromatic carbocycles. The lowest BCUT2D eigenvalue weighted by atomic mass is 10.5. The zero-order chi connectivity index (χ0) is 6.57. The van der Waals surface area contributed by atoms with Gasteiger partial charge in [0.15, 0.2) is 0 Å². The summed E-state index contributed by atoms with van der Waals surface area (Å²) < 4.78 is 0.412. The Morgan fingerprint density at radius 1 is 2.00 bits per heavy atom. The fourth-order valence-corrected chi connectivity index (χ4v) is 1.06. The quantitative estimate of drug-likeness (QED) is 0.440. The second-order valence-electron chi connectivity index (χ2n) is 1.25. The molecule has 8 heavy (non-hydrogen) atoms. The molecule has 0 aliphatic rings. The molecule has 3 heteroatoms. The third-order valence-electron chi connectivity index (χ3n) is 0.528. The highest BCUT2D eigenvalue weighted by atomic mass is 32.2. The number of hydrogen-bond acceptors (Lipinski definition) is 2. The average molecular weight is 145 g/mol. The van der Waals surface area contributed by atoms with E-state index in [0.717, 1.165) is 0 Å². The zero-order valence-electron chi connectivity index (χ0n) is 4.55. The Kier molecular flexibility index (Phi) is 3.67. The summed E-state index contributed by atoms with van der Waals surface area (Å²) in [6.07, 6.45) is 5.03. The molecule has 1 nitrogen and oxygen atoms in total. The lowest BCUT2D eigenvalue weighted by molar-refractivity contribution is 1.31. The number of terminal acetylenes is 1. The molecule has 44 valence electrons. The first-order valence-corrected chi connectivity index (χ1v) is 3.38. The summed E-state index contributed by atoms with van der Waals surface area (Å²) in [5.74, 6) is 2.49. The minimum atomic E-state index is 0.104. The minimum absolute atomic E-state index is 0.104. The van der Waals surface area contributed by atoms with E-state index in [2.05, 4.69) is 18.1 Å². The molecule has 1 atom stereocenters. The molecule has 0 aromatic heterocycles. The van der Waals surface area contributed by atoms with E-state index in [0.29, 0.717) is 4.32 Å². The van der Waals surface area contributed by atoms with Crippen LogP contribution in [0.3, 0.4) is 0 Å². The average Bonchev–Trinajstić information content (AvgIpc) is 1.65. The fraction of sp³-hybridized carbons (Fsp3) is 0.400. The predicted molar refractivity (Wildman–Crippen MR) is 42.7 cm³/mol. The SMILES string of the molecule is C#CC(C)SC(N)=S. The third-order valence-corrected chi connectivity index (χ3v) is 1.54. The van der Waals surface area contributed by atoms with Crippen molar-refractivity contribution in [3.05, 3.63) is 0 Å². The van der Waals surface area contributed by atoms with E-state index in [9.17, 15) is 0 Å². The van der Waals surface area contributed by atoms with Gasteiger partial charge in [-0.2, -0.15) is 0 Å². The molecule has 0 rings (SSSR count). The molecule has 0 radical (unpaired) electrons. The molecule has 0 aliphatic heterocycles. The maximum absolute atomic E-state index is 5.17. The van der Waals surface area contributed by atoms with Crippen LogP contribution in [0, 0.1) is 12.3 Å². The Morgan fingerprint density at radius 2 is 2.50 bits per heavy atom. The number of hydrogen-bond donors (Lipinski definition) is 1. The Bertz CT molecular complexity index is 125. The second-order valence-corrected chi connectivity index (χ2v) is 3.33. The first kappa shape index (κ1) is 7.80. The van der Waals surface area contributed by atoms with Crippen LogP contribution in [0.1, 0.15) is 6.92 Å². The van der Waals surface area contributed by atoms with Gasteiger partial charge in [0.25, 0.3) is 0 Å². The van der Waals surface area contributed by atoms with Gasteiger partial charge in [-0.15, -0.1) is 6.42 Å². The van der Waals surface area contributed by atoms with Crippen LogP contribution in [0.5, 0.6) is 0 Å². The lowest BCUT2D eigenvalue weighted by Gasteiger charge is -1.97. The maximum atomic E-state index is 5.17. The molecule has 0 aliphatic carbocycles. The molecule has 0 saturated heterocycles. The second kappa shape index (κ2) is 3.76. The van der Waals surface area contributed by atoms with Crippen molar-refractivity contribution in [1.29, 1.82) is 0 Å². The van der Waals surface area contributed by atoms with Gasteiger partial charge in [-0.3, -0.25) is 0 Å². The monoisotopic (exact) mass is 145 g/mol. The molecular formula is C5H7NS2. The van der Waals surface area contributed by atoms with Gasteiger partial charge in [0, 0.05) is 0 Å². The van der Waals surface area contributed by atoms with Crippen molar-refractivity contribution in [2.24, 2.45) is 5.73 Å². The van der Waals surface area contributed by atoms with Crippen LogP contribution in [-0.4, -0.2) is 9.57 Å². The van der Waals surface area contributed by atoms with Crippen molar-refractivity contribution in [3.8, 4) is 12.3 Å². The van der Waals surface area contributed by atoms with Crippen LogP contribution in [0.2, 0.25) is 0 Å². The van der Waals surface area contributed by atoms with Crippen molar-refractivity contribution in [2.75, 3.05) is 0 Å². The highest BCUT2D eigenvalue weighted by molar-refractivity contribution is 8.23. The van der Waals surface area contributed by atoms with Crippen LogP contribution >= 0.6 is 24.0 Å². The number of rotatable bonds is 1. The smallest absolute Gasteiger partial charge is 0.132 e. The van der Waals surface area contributed by atoms with Crippen LogP contribution in [-0.2, 0) is 0 Å². The molecule has 0 heterocycles. The minimum Gasteiger partial charge on any atom is -0.385 e. The van der Waals surface area contributed by atoms with Gasteiger partial charge in [-0.05, 0) is 6.92 Å². The maximum Gasteiger partial charge on any atom is 0.132 e. The fourth-order valence-electron chi connectivity index (χ4n) is 0.208. The van der Waals surface area contributed by atoms with Gasteiger partial charge in [0.2, 0.25) is 0 Å². The highest BCUT2D eigenvalue weighted by Gasteiger charge is 1.96. The summed E-state index contributed by atoms with van der Waals surface area (Å²) in [6.45, 7) is 1.88. The van der Waals surface area contributed by atoms with E-state index in [4.69, 9.17) is 12.2 Å². The van der Waals surface area contributed by atoms with Crippen molar-refractivity contribution < 1.29 is 0 Å². The largest absolute Gasteiger partial charge is 0.385 e. The summed E-state index contributed by atoms with van der Waals surface area (Å²) in [5, 5.41) is 0.104. The van der Waals surface area contributed by atoms with Crippen LogP contribution in [0.25, 0.3) is 0 Å². The Labute approximate surface area is 59.0 Å². The third kappa shape index (κ3) is 3.97. The molecule has 0 bridgehead atoms. The number of thioether (sulfide) groups is 1. The highest BCUT2D eigenvalue weighted by Crippen LogP contribution is 2.07. The summed E-state index contributed by atoms with van der Waals surface area (Å²) in [5.41, 5.74) is 5.17. The molecule has 0 fully saturated rings. The van der Waals surface area contributed by atoms with E-state index in [1.165, 1.54) is 11.8 Å². The van der Waals surface area contributed by atoms with Gasteiger partial charge in [0.05, 0.1) is 5.25 Å². The van der Waals surface area contributed by atoms with E-state index in [1.807, 2.05) is 6.92 Å². The summed E-state index contributed by atoms with van der Waals surface area (Å²) in [6, 6.07) is 0. The van der Waals surface area contributed by atoms with Gasteiger partial charge < -0.3 is 5.73 Å². The molecule has 0 spiro atoms.